The minimum Gasteiger partial charge on any atom is -0.384 e. The van der Waals surface area contributed by atoms with E-state index < -0.39 is 0 Å². The molecular formula is C17H14N2O2. The maximum Gasteiger partial charge on any atom is 0.265 e. The lowest BCUT2D eigenvalue weighted by Gasteiger charge is -2.27. The monoisotopic (exact) mass is 278 g/mol. The summed E-state index contributed by atoms with van der Waals surface area (Å²) in [4.78, 5) is 26.3. The lowest BCUT2D eigenvalue weighted by atomic mass is 9.97. The van der Waals surface area contributed by atoms with Gasteiger partial charge >= 0.3 is 0 Å². The van der Waals surface area contributed by atoms with E-state index in [4.69, 9.17) is 0 Å². The maximum atomic E-state index is 12.6. The maximum absolute atomic E-state index is 12.6. The van der Waals surface area contributed by atoms with Gasteiger partial charge in [0.1, 0.15) is 0 Å². The third-order valence-corrected chi connectivity index (χ3v) is 4.10. The molecule has 0 fully saturated rings. The Kier molecular flexibility index (Phi) is 2.57. The Morgan fingerprint density at radius 3 is 2.76 bits per heavy atom. The van der Waals surface area contributed by atoms with E-state index >= 15 is 0 Å². The molecule has 4 rings (SSSR count). The van der Waals surface area contributed by atoms with E-state index in [1.54, 1.807) is 6.07 Å². The zero-order valence-corrected chi connectivity index (χ0v) is 11.4. The largest absolute Gasteiger partial charge is 0.384 e. The average Bonchev–Trinajstić information content (AvgIpc) is 2.95. The van der Waals surface area contributed by atoms with Crippen molar-refractivity contribution in [3.63, 3.8) is 0 Å². The van der Waals surface area contributed by atoms with Crippen LogP contribution in [0.3, 0.4) is 0 Å². The first kappa shape index (κ1) is 12.1. The molecular weight excluding hydrogens is 264 g/mol. The molecule has 21 heavy (non-hydrogen) atoms. The number of amides is 2. The van der Waals surface area contributed by atoms with E-state index in [0.29, 0.717) is 11.3 Å². The first-order valence-corrected chi connectivity index (χ1v) is 7.06. The summed E-state index contributed by atoms with van der Waals surface area (Å²) in [6.07, 6.45) is 1.20. The lowest BCUT2D eigenvalue weighted by Crippen LogP contribution is -2.42. The Bertz CT molecular complexity index is 767. The van der Waals surface area contributed by atoms with Crippen LogP contribution in [0.2, 0.25) is 0 Å². The molecule has 2 heterocycles. The van der Waals surface area contributed by atoms with Crippen LogP contribution in [0.25, 0.3) is 0 Å². The Balaban J connectivity index is 1.79. The van der Waals surface area contributed by atoms with Crippen molar-refractivity contribution < 1.29 is 9.59 Å². The zero-order valence-electron chi connectivity index (χ0n) is 11.4. The van der Waals surface area contributed by atoms with Gasteiger partial charge < -0.3 is 5.32 Å². The number of hydrogen-bond donors (Lipinski definition) is 1. The van der Waals surface area contributed by atoms with E-state index in [2.05, 4.69) is 5.32 Å². The van der Waals surface area contributed by atoms with Gasteiger partial charge in [-0.2, -0.15) is 0 Å². The highest BCUT2D eigenvalue weighted by Crippen LogP contribution is 2.30. The molecule has 2 amide bonds. The smallest absolute Gasteiger partial charge is 0.265 e. The second-order valence-corrected chi connectivity index (χ2v) is 5.39. The number of hydrogen-bond acceptors (Lipinski definition) is 3. The fraction of sp³-hybridized carbons (Fsp3) is 0.176. The van der Waals surface area contributed by atoms with Gasteiger partial charge in [0.25, 0.3) is 5.91 Å². The third-order valence-electron chi connectivity index (χ3n) is 4.10. The summed E-state index contributed by atoms with van der Waals surface area (Å²) in [5.74, 6) is -0.391. The van der Waals surface area contributed by atoms with Crippen molar-refractivity contribution in [2.45, 2.75) is 12.8 Å². The van der Waals surface area contributed by atoms with Gasteiger partial charge in [0.15, 0.2) is 0 Å². The van der Waals surface area contributed by atoms with Crippen LogP contribution in [-0.2, 0) is 17.6 Å². The third kappa shape index (κ3) is 1.83. The highest BCUT2D eigenvalue weighted by atomic mass is 16.2. The SMILES string of the molecule is O=C1Cc2ccccc2C(=O)N1c1ccc2c(c1)CCN2. The molecule has 2 aliphatic rings. The predicted molar refractivity (Wildman–Crippen MR) is 80.6 cm³/mol. The summed E-state index contributed by atoms with van der Waals surface area (Å²) >= 11 is 0. The number of benzene rings is 2. The van der Waals surface area contributed by atoms with Crippen molar-refractivity contribution in [2.24, 2.45) is 0 Å². The molecule has 0 saturated heterocycles. The van der Waals surface area contributed by atoms with E-state index in [1.165, 1.54) is 4.90 Å². The molecule has 0 atom stereocenters. The summed E-state index contributed by atoms with van der Waals surface area (Å²) in [5, 5.41) is 3.28. The van der Waals surface area contributed by atoms with Gasteiger partial charge in [-0.1, -0.05) is 18.2 Å². The van der Waals surface area contributed by atoms with Gasteiger partial charge in [0.2, 0.25) is 5.91 Å². The zero-order chi connectivity index (χ0) is 14.4. The summed E-state index contributed by atoms with van der Waals surface area (Å²) in [6.45, 7) is 0.906. The van der Waals surface area contributed by atoms with Crippen molar-refractivity contribution in [3.8, 4) is 0 Å². The minimum atomic E-state index is -0.229. The van der Waals surface area contributed by atoms with Gasteiger partial charge in [0, 0.05) is 17.8 Å². The number of carbonyl (C=O) groups is 2. The molecule has 104 valence electrons. The second-order valence-electron chi connectivity index (χ2n) is 5.39. The van der Waals surface area contributed by atoms with Crippen LogP contribution < -0.4 is 10.2 Å². The molecule has 2 aromatic carbocycles. The number of carbonyl (C=O) groups excluding carboxylic acids is 2. The molecule has 4 nitrogen and oxygen atoms in total. The predicted octanol–water partition coefficient (Wildman–Crippen LogP) is 2.38. The number of anilines is 2. The molecule has 4 heteroatoms. The van der Waals surface area contributed by atoms with Crippen LogP contribution in [0.5, 0.6) is 0 Å². The van der Waals surface area contributed by atoms with E-state index in [0.717, 1.165) is 29.8 Å². The van der Waals surface area contributed by atoms with Crippen LogP contribution in [0.1, 0.15) is 21.5 Å². The molecule has 1 N–H and O–H groups in total. The van der Waals surface area contributed by atoms with Gasteiger partial charge in [-0.25, -0.2) is 4.90 Å². The molecule has 2 aromatic rings. The standard InChI is InChI=1S/C17H14N2O2/c20-16-10-11-3-1-2-4-14(11)17(21)19(16)13-5-6-15-12(9-13)7-8-18-15/h1-6,9,18H,7-8,10H2. The molecule has 0 aliphatic carbocycles. The molecule has 0 saturated carbocycles. The summed E-state index contributed by atoms with van der Waals surface area (Å²) in [7, 11) is 0. The number of nitrogens with one attached hydrogen (secondary N) is 1. The number of nitrogens with zero attached hydrogens (tertiary/aromatic N) is 1. The van der Waals surface area contributed by atoms with Crippen LogP contribution >= 0.6 is 0 Å². The Morgan fingerprint density at radius 2 is 1.86 bits per heavy atom. The first-order chi connectivity index (χ1) is 10.2. The highest BCUT2D eigenvalue weighted by Gasteiger charge is 2.32. The van der Waals surface area contributed by atoms with Crippen molar-refractivity contribution >= 4 is 23.2 Å². The molecule has 0 spiro atoms. The topological polar surface area (TPSA) is 49.4 Å². The van der Waals surface area contributed by atoms with Crippen molar-refractivity contribution in [1.82, 2.24) is 0 Å². The fourth-order valence-electron chi connectivity index (χ4n) is 3.05. The summed E-state index contributed by atoms with van der Waals surface area (Å²) in [6, 6.07) is 13.0. The molecule has 2 aliphatic heterocycles. The molecule has 0 aromatic heterocycles. The van der Waals surface area contributed by atoms with Gasteiger partial charge in [-0.15, -0.1) is 0 Å². The van der Waals surface area contributed by atoms with Gasteiger partial charge in [0.05, 0.1) is 12.1 Å². The Labute approximate surface area is 122 Å². The van der Waals surface area contributed by atoms with Crippen molar-refractivity contribution in [2.75, 3.05) is 16.8 Å². The summed E-state index contributed by atoms with van der Waals surface area (Å²) < 4.78 is 0. The number of imide groups is 1. The molecule has 0 bridgehead atoms. The highest BCUT2D eigenvalue weighted by molar-refractivity contribution is 6.24. The molecule has 0 radical (unpaired) electrons. The Hall–Kier alpha value is -2.62. The second kappa shape index (κ2) is 4.45. The van der Waals surface area contributed by atoms with Gasteiger partial charge in [-0.05, 0) is 41.8 Å². The van der Waals surface area contributed by atoms with E-state index in [1.807, 2.05) is 36.4 Å². The Morgan fingerprint density at radius 1 is 1.00 bits per heavy atom. The molecule has 0 unspecified atom stereocenters. The quantitative estimate of drug-likeness (QED) is 0.815. The van der Waals surface area contributed by atoms with Crippen LogP contribution in [-0.4, -0.2) is 18.4 Å². The van der Waals surface area contributed by atoms with Crippen LogP contribution in [0, 0.1) is 0 Å². The van der Waals surface area contributed by atoms with Crippen molar-refractivity contribution in [1.29, 1.82) is 0 Å². The minimum absolute atomic E-state index is 0.162. The van der Waals surface area contributed by atoms with Crippen LogP contribution in [0.15, 0.2) is 42.5 Å². The first-order valence-electron chi connectivity index (χ1n) is 7.06. The van der Waals surface area contributed by atoms with Crippen LogP contribution in [0.4, 0.5) is 11.4 Å². The fourth-order valence-corrected chi connectivity index (χ4v) is 3.05. The van der Waals surface area contributed by atoms with Crippen molar-refractivity contribution in [3.05, 3.63) is 59.2 Å². The lowest BCUT2D eigenvalue weighted by molar-refractivity contribution is -0.117. The number of rotatable bonds is 1. The normalized spacial score (nSPS) is 16.5. The summed E-state index contributed by atoms with van der Waals surface area (Å²) in [5.41, 5.74) is 4.35. The number of fused-ring (bicyclic) bond motifs is 2. The average molecular weight is 278 g/mol. The van der Waals surface area contributed by atoms with E-state index in [-0.39, 0.29) is 18.2 Å². The van der Waals surface area contributed by atoms with Gasteiger partial charge in [-0.3, -0.25) is 9.59 Å². The van der Waals surface area contributed by atoms with E-state index in [9.17, 15) is 9.59 Å².